The van der Waals surface area contributed by atoms with Gasteiger partial charge in [0.1, 0.15) is 17.8 Å². The van der Waals surface area contributed by atoms with Crippen LogP contribution >= 0.6 is 0 Å². The summed E-state index contributed by atoms with van der Waals surface area (Å²) in [4.78, 5) is 21.8. The second-order valence-corrected chi connectivity index (χ2v) is 11.5. The van der Waals surface area contributed by atoms with E-state index in [1.54, 1.807) is 22.9 Å². The number of hydrogen-bond acceptors (Lipinski definition) is 7. The van der Waals surface area contributed by atoms with Gasteiger partial charge in [-0.05, 0) is 29.9 Å². The summed E-state index contributed by atoms with van der Waals surface area (Å²) < 4.78 is 30.7. The van der Waals surface area contributed by atoms with Gasteiger partial charge < -0.3 is 15.7 Å². The van der Waals surface area contributed by atoms with E-state index in [0.717, 1.165) is 29.4 Å². The van der Waals surface area contributed by atoms with E-state index in [0.29, 0.717) is 35.2 Å². The van der Waals surface area contributed by atoms with Crippen LogP contribution in [0, 0.1) is 0 Å². The topological polar surface area (TPSA) is 156 Å². The molecular weight excluding hydrogens is 530 g/mol. The quantitative estimate of drug-likeness (QED) is 0.283. The van der Waals surface area contributed by atoms with E-state index >= 15 is 0 Å². The second-order valence-electron chi connectivity index (χ2n) is 9.77. The van der Waals surface area contributed by atoms with Crippen LogP contribution in [0.25, 0.3) is 33.1 Å². The zero-order valence-electron chi connectivity index (χ0n) is 21.4. The second kappa shape index (κ2) is 10.2. The fraction of sp³-hybridized carbons (Fsp3) is 0.214. The van der Waals surface area contributed by atoms with Crippen molar-refractivity contribution in [1.29, 1.82) is 0 Å². The van der Waals surface area contributed by atoms with Crippen molar-refractivity contribution >= 4 is 43.7 Å². The Kier molecular flexibility index (Phi) is 6.56. The van der Waals surface area contributed by atoms with Crippen LogP contribution < -0.4 is 10.5 Å². The smallest absolute Gasteiger partial charge is 0.407 e. The molecule has 0 aliphatic carbocycles. The number of anilines is 1. The number of amides is 1. The first-order valence-corrected chi connectivity index (χ1v) is 14.3. The third-order valence-electron chi connectivity index (χ3n) is 7.26. The largest absolute Gasteiger partial charge is 0.465 e. The number of fused-ring (bicyclic) bond motifs is 2. The van der Waals surface area contributed by atoms with Gasteiger partial charge in [0, 0.05) is 30.6 Å². The number of nitrogens with two attached hydrogens (primary N) is 1. The van der Waals surface area contributed by atoms with Gasteiger partial charge in [-0.2, -0.15) is 5.10 Å². The molecule has 1 atom stereocenters. The number of carbonyl (C=O) groups is 1. The van der Waals surface area contributed by atoms with Crippen LogP contribution in [0.1, 0.15) is 24.4 Å². The lowest BCUT2D eigenvalue weighted by molar-refractivity contribution is 0.120. The molecule has 0 spiro atoms. The number of carboxylic acid groups (broad SMARTS) is 1. The molecule has 3 aromatic carbocycles. The first-order valence-electron chi connectivity index (χ1n) is 12.8. The normalized spacial score (nSPS) is 16.0. The van der Waals surface area contributed by atoms with Crippen molar-refractivity contribution in [2.24, 2.45) is 0 Å². The highest BCUT2D eigenvalue weighted by Gasteiger charge is 2.28. The van der Waals surface area contributed by atoms with Crippen LogP contribution in [0.3, 0.4) is 0 Å². The molecule has 1 fully saturated rings. The van der Waals surface area contributed by atoms with Crippen LogP contribution in [-0.2, 0) is 16.6 Å². The van der Waals surface area contributed by atoms with Crippen molar-refractivity contribution in [3.63, 3.8) is 0 Å². The molecule has 1 aliphatic heterocycles. The first-order chi connectivity index (χ1) is 19.3. The molecule has 204 valence electrons. The molecule has 1 aliphatic rings. The molecule has 0 saturated carbocycles. The van der Waals surface area contributed by atoms with Gasteiger partial charge in [0.15, 0.2) is 5.65 Å². The van der Waals surface area contributed by atoms with E-state index in [1.807, 2.05) is 48.5 Å². The Bertz CT molecular complexity index is 1830. The molecule has 11 nitrogen and oxygen atoms in total. The molecule has 6 rings (SSSR count). The molecule has 0 bridgehead atoms. The number of rotatable bonds is 6. The average molecular weight is 558 g/mol. The summed E-state index contributed by atoms with van der Waals surface area (Å²) in [5.74, 6) is 0.282. The van der Waals surface area contributed by atoms with E-state index in [2.05, 4.69) is 14.7 Å². The van der Waals surface area contributed by atoms with Gasteiger partial charge in [0.2, 0.25) is 10.0 Å². The fourth-order valence-corrected chi connectivity index (χ4v) is 6.49. The minimum absolute atomic E-state index is 0.110. The fourth-order valence-electron chi connectivity index (χ4n) is 5.25. The predicted molar refractivity (Wildman–Crippen MR) is 151 cm³/mol. The van der Waals surface area contributed by atoms with Crippen LogP contribution in [-0.4, -0.2) is 57.4 Å². The summed E-state index contributed by atoms with van der Waals surface area (Å²) in [6.07, 6.45) is 1.90. The Morgan fingerprint density at radius 1 is 1.05 bits per heavy atom. The SMILES string of the molecule is Nc1ncnc2c1c(-c1ccc(CNS(=O)(=O)c3cccc4ccccc34)cc1)nn2[C@@H]1CCCN(C(=O)O)C1. The van der Waals surface area contributed by atoms with Gasteiger partial charge >= 0.3 is 6.09 Å². The highest BCUT2D eigenvalue weighted by molar-refractivity contribution is 7.89. The lowest BCUT2D eigenvalue weighted by atomic mass is 10.1. The van der Waals surface area contributed by atoms with Gasteiger partial charge in [-0.3, -0.25) is 0 Å². The van der Waals surface area contributed by atoms with Crippen molar-refractivity contribution in [3.05, 3.63) is 78.6 Å². The Balaban J connectivity index is 1.27. The molecule has 0 unspecified atom stereocenters. The van der Waals surface area contributed by atoms with E-state index in [9.17, 15) is 18.3 Å². The van der Waals surface area contributed by atoms with Crippen LogP contribution in [0.2, 0.25) is 0 Å². The lowest BCUT2D eigenvalue weighted by Gasteiger charge is -2.30. The van der Waals surface area contributed by atoms with Crippen molar-refractivity contribution in [2.75, 3.05) is 18.8 Å². The third-order valence-corrected chi connectivity index (χ3v) is 8.72. The summed E-state index contributed by atoms with van der Waals surface area (Å²) in [6.45, 7) is 0.908. The monoisotopic (exact) mass is 557 g/mol. The van der Waals surface area contributed by atoms with Crippen LogP contribution in [0.15, 0.2) is 78.0 Å². The van der Waals surface area contributed by atoms with Crippen molar-refractivity contribution < 1.29 is 18.3 Å². The molecule has 4 N–H and O–H groups in total. The number of hydrogen-bond donors (Lipinski definition) is 3. The summed E-state index contributed by atoms with van der Waals surface area (Å²) >= 11 is 0. The number of nitrogens with zero attached hydrogens (tertiary/aromatic N) is 5. The van der Waals surface area contributed by atoms with E-state index in [4.69, 9.17) is 10.8 Å². The Morgan fingerprint density at radius 3 is 2.62 bits per heavy atom. The van der Waals surface area contributed by atoms with Gasteiger partial charge in [0.25, 0.3) is 0 Å². The molecule has 5 aromatic rings. The molecule has 1 saturated heterocycles. The van der Waals surface area contributed by atoms with Crippen LogP contribution in [0.5, 0.6) is 0 Å². The maximum atomic E-state index is 13.1. The lowest BCUT2D eigenvalue weighted by Crippen LogP contribution is -2.40. The zero-order valence-corrected chi connectivity index (χ0v) is 22.3. The highest BCUT2D eigenvalue weighted by atomic mass is 32.2. The molecule has 12 heteroatoms. The minimum Gasteiger partial charge on any atom is -0.465 e. The van der Waals surface area contributed by atoms with Crippen molar-refractivity contribution in [1.82, 2.24) is 29.4 Å². The van der Waals surface area contributed by atoms with E-state index in [1.165, 1.54) is 11.2 Å². The molecule has 3 heterocycles. The molecule has 2 aromatic heterocycles. The number of nitrogen functional groups attached to an aromatic ring is 1. The van der Waals surface area contributed by atoms with E-state index < -0.39 is 16.1 Å². The number of benzene rings is 3. The zero-order chi connectivity index (χ0) is 27.9. The first kappa shape index (κ1) is 25.7. The van der Waals surface area contributed by atoms with E-state index in [-0.39, 0.29) is 23.3 Å². The number of likely N-dealkylation sites (tertiary alicyclic amines) is 1. The highest BCUT2D eigenvalue weighted by Crippen LogP contribution is 2.34. The number of nitrogens with one attached hydrogen (secondary N) is 1. The van der Waals surface area contributed by atoms with Gasteiger partial charge in [-0.1, -0.05) is 60.7 Å². The summed E-state index contributed by atoms with van der Waals surface area (Å²) in [7, 11) is -3.75. The Hall–Kier alpha value is -4.55. The minimum atomic E-state index is -3.75. The molecule has 0 radical (unpaired) electrons. The molecule has 40 heavy (non-hydrogen) atoms. The number of aromatic nitrogens is 4. The Morgan fingerprint density at radius 2 is 1.82 bits per heavy atom. The third kappa shape index (κ3) is 4.71. The predicted octanol–water partition coefficient (Wildman–Crippen LogP) is 4.02. The summed E-state index contributed by atoms with van der Waals surface area (Å²) in [6, 6.07) is 19.8. The van der Waals surface area contributed by atoms with Gasteiger partial charge in [-0.25, -0.2) is 32.6 Å². The maximum Gasteiger partial charge on any atom is 0.407 e. The molecule has 1 amide bonds. The number of piperidine rings is 1. The number of sulfonamides is 1. The molecular formula is C28H27N7O4S. The van der Waals surface area contributed by atoms with Crippen molar-refractivity contribution in [2.45, 2.75) is 30.3 Å². The summed E-state index contributed by atoms with van der Waals surface area (Å²) in [5, 5.41) is 16.4. The van der Waals surface area contributed by atoms with Gasteiger partial charge in [0.05, 0.1) is 16.3 Å². The van der Waals surface area contributed by atoms with Gasteiger partial charge in [-0.15, -0.1) is 0 Å². The average Bonchev–Trinajstić information content (AvgIpc) is 3.37. The van der Waals surface area contributed by atoms with Crippen LogP contribution in [0.4, 0.5) is 10.6 Å². The van der Waals surface area contributed by atoms with Crippen molar-refractivity contribution in [3.8, 4) is 11.3 Å². The maximum absolute atomic E-state index is 13.1. The summed E-state index contributed by atoms with van der Waals surface area (Å²) in [5.41, 5.74) is 8.91. The standard InChI is InChI=1S/C28H27N7O4S/c29-26-24-25(33-35(27(24)31-17-30-26)21-7-4-14-34(16-21)28(36)37)20-12-10-18(11-13-20)15-32-40(38,39)23-9-3-6-19-5-1-2-8-22(19)23/h1-3,5-6,8-13,17,21,32H,4,7,14-16H2,(H,36,37)(H2,29,30,31)/t21-/m1/s1. The Labute approximate surface area is 230 Å².